The Hall–Kier alpha value is -2.64. The van der Waals surface area contributed by atoms with E-state index in [0.29, 0.717) is 0 Å². The van der Waals surface area contributed by atoms with E-state index < -0.39 is 23.8 Å². The van der Waals surface area contributed by atoms with E-state index in [4.69, 9.17) is 5.73 Å². The van der Waals surface area contributed by atoms with Crippen LogP contribution in [0.3, 0.4) is 0 Å². The maximum atomic E-state index is 13.3. The molecule has 0 aromatic heterocycles. The molecule has 1 aromatic carbocycles. The van der Waals surface area contributed by atoms with Gasteiger partial charge in [0, 0.05) is 11.7 Å². The minimum Gasteiger partial charge on any atom is -0.366 e. The Kier molecular flexibility index (Phi) is 6.49. The van der Waals surface area contributed by atoms with Crippen molar-refractivity contribution >= 4 is 23.5 Å². The lowest BCUT2D eigenvalue weighted by molar-refractivity contribution is -0.123. The fourth-order valence-corrected chi connectivity index (χ4v) is 1.69. The molecular formula is C15H21FN4O3. The molecule has 0 fully saturated rings. The molecule has 23 heavy (non-hydrogen) atoms. The summed E-state index contributed by atoms with van der Waals surface area (Å²) in [5, 5.41) is 7.60. The van der Waals surface area contributed by atoms with Gasteiger partial charge in [-0.3, -0.25) is 9.59 Å². The number of urea groups is 1. The highest BCUT2D eigenvalue weighted by molar-refractivity contribution is 5.97. The molecule has 126 valence electrons. The van der Waals surface area contributed by atoms with Crippen LogP contribution in [0.1, 0.15) is 37.6 Å². The molecule has 4 amide bonds. The average Bonchev–Trinajstić information content (AvgIpc) is 2.48. The second kappa shape index (κ2) is 8.11. The van der Waals surface area contributed by atoms with Gasteiger partial charge in [0.05, 0.1) is 5.56 Å². The maximum absolute atomic E-state index is 13.3. The monoisotopic (exact) mass is 324 g/mol. The fraction of sp³-hybridized carbons (Fsp3) is 0.400. The van der Waals surface area contributed by atoms with Gasteiger partial charge in [0.25, 0.3) is 5.91 Å². The number of hydrogen-bond donors (Lipinski definition) is 4. The van der Waals surface area contributed by atoms with Crippen LogP contribution >= 0.6 is 0 Å². The first-order valence-electron chi connectivity index (χ1n) is 7.21. The number of carbonyl (C=O) groups excluding carboxylic acids is 3. The molecule has 0 saturated carbocycles. The van der Waals surface area contributed by atoms with Crippen LogP contribution in [0.15, 0.2) is 18.2 Å². The molecule has 0 bridgehead atoms. The molecule has 0 aliphatic heterocycles. The predicted octanol–water partition coefficient (Wildman–Crippen LogP) is 1.35. The van der Waals surface area contributed by atoms with Crippen molar-refractivity contribution in [3.8, 4) is 0 Å². The largest absolute Gasteiger partial charge is 0.366 e. The summed E-state index contributed by atoms with van der Waals surface area (Å²) in [4.78, 5) is 34.7. The van der Waals surface area contributed by atoms with E-state index in [-0.39, 0.29) is 23.2 Å². The van der Waals surface area contributed by atoms with Gasteiger partial charge < -0.3 is 21.7 Å². The first-order chi connectivity index (χ1) is 10.7. The SMILES string of the molecule is CC[C@H](C)NC(=O)[C@@H](C)NC(=O)Nc1ccc(F)c(C(N)=O)c1. The number of anilines is 1. The van der Waals surface area contributed by atoms with E-state index >= 15 is 0 Å². The summed E-state index contributed by atoms with van der Waals surface area (Å²) in [5.41, 5.74) is 4.89. The lowest BCUT2D eigenvalue weighted by Crippen LogP contribution is -2.48. The van der Waals surface area contributed by atoms with Crippen molar-refractivity contribution in [2.75, 3.05) is 5.32 Å². The van der Waals surface area contributed by atoms with E-state index in [9.17, 15) is 18.8 Å². The van der Waals surface area contributed by atoms with Crippen molar-refractivity contribution in [3.63, 3.8) is 0 Å². The summed E-state index contributed by atoms with van der Waals surface area (Å²) in [7, 11) is 0. The van der Waals surface area contributed by atoms with Crippen LogP contribution in [-0.4, -0.2) is 29.9 Å². The molecule has 0 aliphatic rings. The minimum absolute atomic E-state index is 0.00466. The molecule has 0 radical (unpaired) electrons. The number of benzene rings is 1. The first-order valence-corrected chi connectivity index (χ1v) is 7.21. The zero-order valence-electron chi connectivity index (χ0n) is 13.3. The number of hydrogen-bond acceptors (Lipinski definition) is 3. The topological polar surface area (TPSA) is 113 Å². The second-order valence-corrected chi connectivity index (χ2v) is 5.20. The molecule has 0 heterocycles. The number of halogens is 1. The fourth-order valence-electron chi connectivity index (χ4n) is 1.69. The molecule has 1 aromatic rings. The van der Waals surface area contributed by atoms with Crippen molar-refractivity contribution < 1.29 is 18.8 Å². The van der Waals surface area contributed by atoms with Gasteiger partial charge >= 0.3 is 6.03 Å². The van der Waals surface area contributed by atoms with Crippen molar-refractivity contribution in [2.45, 2.75) is 39.3 Å². The molecular weight excluding hydrogens is 303 g/mol. The van der Waals surface area contributed by atoms with Crippen LogP contribution in [0.4, 0.5) is 14.9 Å². The molecule has 0 saturated heterocycles. The smallest absolute Gasteiger partial charge is 0.319 e. The molecule has 7 nitrogen and oxygen atoms in total. The van der Waals surface area contributed by atoms with Gasteiger partial charge in [0.1, 0.15) is 11.9 Å². The van der Waals surface area contributed by atoms with E-state index in [1.54, 1.807) is 0 Å². The Morgan fingerprint density at radius 1 is 1.22 bits per heavy atom. The van der Waals surface area contributed by atoms with Crippen LogP contribution in [0, 0.1) is 5.82 Å². The highest BCUT2D eigenvalue weighted by Crippen LogP contribution is 2.14. The number of primary amides is 1. The summed E-state index contributed by atoms with van der Waals surface area (Å²) in [6.07, 6.45) is 0.774. The number of amides is 4. The van der Waals surface area contributed by atoms with Crippen molar-refractivity contribution in [1.29, 1.82) is 0 Å². The number of nitrogens with two attached hydrogens (primary N) is 1. The summed E-state index contributed by atoms with van der Waals surface area (Å²) < 4.78 is 13.3. The van der Waals surface area contributed by atoms with Gasteiger partial charge in [0.2, 0.25) is 5.91 Å². The van der Waals surface area contributed by atoms with Crippen molar-refractivity contribution in [1.82, 2.24) is 10.6 Å². The van der Waals surface area contributed by atoms with Crippen molar-refractivity contribution in [2.24, 2.45) is 5.73 Å². The summed E-state index contributed by atoms with van der Waals surface area (Å²) in [6, 6.07) is 2.03. The van der Waals surface area contributed by atoms with Gasteiger partial charge in [-0.25, -0.2) is 9.18 Å². The number of rotatable bonds is 6. The summed E-state index contributed by atoms with van der Waals surface area (Å²) in [6.45, 7) is 5.33. The van der Waals surface area contributed by atoms with Crippen LogP contribution in [0.2, 0.25) is 0 Å². The van der Waals surface area contributed by atoms with E-state index in [2.05, 4.69) is 16.0 Å². The maximum Gasteiger partial charge on any atom is 0.319 e. The highest BCUT2D eigenvalue weighted by Gasteiger charge is 2.17. The van der Waals surface area contributed by atoms with E-state index in [1.165, 1.54) is 13.0 Å². The third kappa shape index (κ3) is 5.57. The Morgan fingerprint density at radius 3 is 2.43 bits per heavy atom. The van der Waals surface area contributed by atoms with Crippen LogP contribution < -0.4 is 21.7 Å². The predicted molar refractivity (Wildman–Crippen MR) is 84.4 cm³/mol. The lowest BCUT2D eigenvalue weighted by Gasteiger charge is -2.17. The first kappa shape index (κ1) is 18.4. The summed E-state index contributed by atoms with van der Waals surface area (Å²) >= 11 is 0. The molecule has 0 aliphatic carbocycles. The van der Waals surface area contributed by atoms with Crippen LogP contribution in [-0.2, 0) is 4.79 Å². The number of carbonyl (C=O) groups is 3. The van der Waals surface area contributed by atoms with Gasteiger partial charge in [-0.15, -0.1) is 0 Å². The van der Waals surface area contributed by atoms with Gasteiger partial charge in [0.15, 0.2) is 0 Å². The number of nitrogens with one attached hydrogen (secondary N) is 3. The Bertz CT molecular complexity index is 606. The Labute approximate surface area is 133 Å². The van der Waals surface area contributed by atoms with Gasteiger partial charge in [-0.1, -0.05) is 6.92 Å². The highest BCUT2D eigenvalue weighted by atomic mass is 19.1. The molecule has 5 N–H and O–H groups in total. The van der Waals surface area contributed by atoms with Gasteiger partial charge in [-0.05, 0) is 38.5 Å². The van der Waals surface area contributed by atoms with E-state index in [0.717, 1.165) is 18.6 Å². The molecule has 0 spiro atoms. The van der Waals surface area contributed by atoms with Gasteiger partial charge in [-0.2, -0.15) is 0 Å². The summed E-state index contributed by atoms with van der Waals surface area (Å²) in [5.74, 6) is -2.02. The Morgan fingerprint density at radius 2 is 1.87 bits per heavy atom. The quantitative estimate of drug-likeness (QED) is 0.633. The third-order valence-corrected chi connectivity index (χ3v) is 3.23. The standard InChI is InChI=1S/C15H21FN4O3/c1-4-8(2)18-14(22)9(3)19-15(23)20-10-5-6-12(16)11(7-10)13(17)21/h5-9H,4H2,1-3H3,(H2,17,21)(H,18,22)(H2,19,20,23)/t8-,9+/m0/s1. The average molecular weight is 324 g/mol. The van der Waals surface area contributed by atoms with Crippen LogP contribution in [0.5, 0.6) is 0 Å². The van der Waals surface area contributed by atoms with E-state index in [1.807, 2.05) is 13.8 Å². The zero-order chi connectivity index (χ0) is 17.6. The zero-order valence-corrected chi connectivity index (χ0v) is 13.3. The molecule has 1 rings (SSSR count). The lowest BCUT2D eigenvalue weighted by atomic mass is 10.2. The Balaban J connectivity index is 2.65. The molecule has 2 atom stereocenters. The minimum atomic E-state index is -0.937. The third-order valence-electron chi connectivity index (χ3n) is 3.23. The normalized spacial score (nSPS) is 12.9. The second-order valence-electron chi connectivity index (χ2n) is 5.20. The molecule has 0 unspecified atom stereocenters. The molecule has 8 heteroatoms. The van der Waals surface area contributed by atoms with Crippen molar-refractivity contribution in [3.05, 3.63) is 29.6 Å². The van der Waals surface area contributed by atoms with Crippen LogP contribution in [0.25, 0.3) is 0 Å².